The summed E-state index contributed by atoms with van der Waals surface area (Å²) in [7, 11) is 0. The van der Waals surface area contributed by atoms with E-state index in [1.807, 2.05) is 6.92 Å². The lowest BCUT2D eigenvalue weighted by molar-refractivity contribution is 0.628. The Kier molecular flexibility index (Phi) is 3.16. The van der Waals surface area contributed by atoms with Gasteiger partial charge in [-0.1, -0.05) is 6.07 Å². The molecule has 0 aliphatic heterocycles. The van der Waals surface area contributed by atoms with Crippen LogP contribution in [0.5, 0.6) is 0 Å². The van der Waals surface area contributed by atoms with Crippen LogP contribution < -0.4 is 10.6 Å². The second-order valence-corrected chi connectivity index (χ2v) is 4.19. The van der Waals surface area contributed by atoms with Gasteiger partial charge in [0, 0.05) is 12.2 Å². The summed E-state index contributed by atoms with van der Waals surface area (Å²) in [4.78, 5) is 8.66. The lowest BCUT2D eigenvalue weighted by Gasteiger charge is -2.09. The molecular weight excluding hydrogens is 259 g/mol. The molecule has 0 aliphatic carbocycles. The summed E-state index contributed by atoms with van der Waals surface area (Å²) in [5.41, 5.74) is 1.24. The van der Waals surface area contributed by atoms with Crippen molar-refractivity contribution in [3.8, 4) is 0 Å². The van der Waals surface area contributed by atoms with Gasteiger partial charge in [-0.25, -0.2) is 4.39 Å². The van der Waals surface area contributed by atoms with Gasteiger partial charge in [0.15, 0.2) is 5.65 Å². The quantitative estimate of drug-likeness (QED) is 0.680. The molecule has 3 rings (SSSR count). The normalized spacial score (nSPS) is 10.7. The van der Waals surface area contributed by atoms with E-state index in [-0.39, 0.29) is 5.82 Å². The summed E-state index contributed by atoms with van der Waals surface area (Å²) in [5.74, 6) is 0.757. The van der Waals surface area contributed by atoms with Crippen LogP contribution in [0.2, 0.25) is 0 Å². The van der Waals surface area contributed by atoms with E-state index >= 15 is 0 Å². The van der Waals surface area contributed by atoms with Crippen molar-refractivity contribution >= 4 is 28.5 Å². The van der Waals surface area contributed by atoms with Gasteiger partial charge < -0.3 is 10.6 Å². The predicted molar refractivity (Wildman–Crippen MR) is 75.5 cm³/mol. The lowest BCUT2D eigenvalue weighted by Crippen LogP contribution is -2.04. The van der Waals surface area contributed by atoms with E-state index in [0.29, 0.717) is 29.6 Å². The zero-order valence-corrected chi connectivity index (χ0v) is 10.8. The molecule has 0 radical (unpaired) electrons. The third-order valence-corrected chi connectivity index (χ3v) is 2.73. The third-order valence-electron chi connectivity index (χ3n) is 2.73. The first-order chi connectivity index (χ1) is 9.76. The van der Waals surface area contributed by atoms with Crippen molar-refractivity contribution in [1.82, 2.24) is 20.2 Å². The average molecular weight is 272 g/mol. The molecule has 0 bridgehead atoms. The Morgan fingerprint density at radius 1 is 1.30 bits per heavy atom. The SMILES string of the molecule is CCNc1nc(Nc2cccc(F)c2)c2cn[nH]c2n1. The molecule has 0 atom stereocenters. The van der Waals surface area contributed by atoms with Crippen LogP contribution in [0.1, 0.15) is 6.92 Å². The minimum absolute atomic E-state index is 0.306. The second kappa shape index (κ2) is 5.12. The molecule has 0 spiro atoms. The highest BCUT2D eigenvalue weighted by Crippen LogP contribution is 2.24. The average Bonchev–Trinajstić information content (AvgIpc) is 2.87. The monoisotopic (exact) mass is 272 g/mol. The number of aromatic amines is 1. The smallest absolute Gasteiger partial charge is 0.226 e. The predicted octanol–water partition coefficient (Wildman–Crippen LogP) is 2.67. The van der Waals surface area contributed by atoms with Crippen LogP contribution >= 0.6 is 0 Å². The van der Waals surface area contributed by atoms with Gasteiger partial charge >= 0.3 is 0 Å². The molecule has 0 saturated carbocycles. The summed E-state index contributed by atoms with van der Waals surface area (Å²) >= 11 is 0. The van der Waals surface area contributed by atoms with Crippen molar-refractivity contribution in [1.29, 1.82) is 0 Å². The number of aromatic nitrogens is 4. The number of H-pyrrole nitrogens is 1. The lowest BCUT2D eigenvalue weighted by atomic mass is 10.3. The van der Waals surface area contributed by atoms with Gasteiger partial charge in [-0.2, -0.15) is 15.1 Å². The van der Waals surface area contributed by atoms with Crippen LogP contribution in [0.4, 0.5) is 21.8 Å². The van der Waals surface area contributed by atoms with Crippen molar-refractivity contribution in [2.75, 3.05) is 17.2 Å². The molecular formula is C13H13FN6. The maximum atomic E-state index is 13.2. The Morgan fingerprint density at radius 3 is 3.00 bits per heavy atom. The number of halogens is 1. The summed E-state index contributed by atoms with van der Waals surface area (Å²) in [6.07, 6.45) is 1.63. The van der Waals surface area contributed by atoms with Crippen LogP contribution in [-0.2, 0) is 0 Å². The number of nitrogens with one attached hydrogen (secondary N) is 3. The molecule has 7 heteroatoms. The number of fused-ring (bicyclic) bond motifs is 1. The standard InChI is InChI=1S/C13H13FN6/c1-2-15-13-18-11(10-7-16-20-12(10)19-13)17-9-5-3-4-8(14)6-9/h3-7H,2H2,1H3,(H3,15,16,17,18,19,20). The van der Waals surface area contributed by atoms with Crippen LogP contribution in [0.15, 0.2) is 30.5 Å². The van der Waals surface area contributed by atoms with Gasteiger partial charge in [-0.3, -0.25) is 5.10 Å². The molecule has 3 N–H and O–H groups in total. The first-order valence-corrected chi connectivity index (χ1v) is 6.24. The highest BCUT2D eigenvalue weighted by atomic mass is 19.1. The van der Waals surface area contributed by atoms with Gasteiger partial charge in [0.05, 0.1) is 11.6 Å². The highest BCUT2D eigenvalue weighted by molar-refractivity contribution is 5.88. The van der Waals surface area contributed by atoms with Gasteiger partial charge in [0.1, 0.15) is 11.6 Å². The van der Waals surface area contributed by atoms with Crippen LogP contribution in [0.25, 0.3) is 11.0 Å². The number of nitrogens with zero attached hydrogens (tertiary/aromatic N) is 3. The molecule has 0 saturated heterocycles. The van der Waals surface area contributed by atoms with E-state index in [9.17, 15) is 4.39 Å². The zero-order valence-electron chi connectivity index (χ0n) is 10.8. The van der Waals surface area contributed by atoms with Crippen molar-refractivity contribution < 1.29 is 4.39 Å². The molecule has 20 heavy (non-hydrogen) atoms. The fourth-order valence-corrected chi connectivity index (χ4v) is 1.87. The van der Waals surface area contributed by atoms with Crippen molar-refractivity contribution in [2.24, 2.45) is 0 Å². The number of hydrogen-bond donors (Lipinski definition) is 3. The number of rotatable bonds is 4. The summed E-state index contributed by atoms with van der Waals surface area (Å²) in [6.45, 7) is 2.67. The zero-order chi connectivity index (χ0) is 13.9. The third kappa shape index (κ3) is 2.37. The van der Waals surface area contributed by atoms with Crippen molar-refractivity contribution in [3.05, 3.63) is 36.3 Å². The Bertz CT molecular complexity index is 739. The summed E-state index contributed by atoms with van der Waals surface area (Å²) < 4.78 is 13.2. The van der Waals surface area contributed by atoms with E-state index in [0.717, 1.165) is 5.39 Å². The van der Waals surface area contributed by atoms with Crippen molar-refractivity contribution in [3.63, 3.8) is 0 Å². The molecule has 2 heterocycles. The van der Waals surface area contributed by atoms with Gasteiger partial charge in [-0.05, 0) is 25.1 Å². The molecule has 1 aromatic carbocycles. The van der Waals surface area contributed by atoms with E-state index in [4.69, 9.17) is 0 Å². The molecule has 6 nitrogen and oxygen atoms in total. The first kappa shape index (κ1) is 12.3. The molecule has 0 amide bonds. The maximum Gasteiger partial charge on any atom is 0.226 e. The highest BCUT2D eigenvalue weighted by Gasteiger charge is 2.09. The molecule has 0 aliphatic rings. The number of benzene rings is 1. The van der Waals surface area contributed by atoms with Crippen LogP contribution in [-0.4, -0.2) is 26.7 Å². The maximum absolute atomic E-state index is 13.2. The van der Waals surface area contributed by atoms with Crippen LogP contribution in [0.3, 0.4) is 0 Å². The fourth-order valence-electron chi connectivity index (χ4n) is 1.87. The molecule has 3 aromatic rings. The van der Waals surface area contributed by atoms with Gasteiger partial charge in [-0.15, -0.1) is 0 Å². The van der Waals surface area contributed by atoms with E-state index in [2.05, 4.69) is 30.8 Å². The Hall–Kier alpha value is -2.70. The molecule has 2 aromatic heterocycles. The van der Waals surface area contributed by atoms with Gasteiger partial charge in [0.2, 0.25) is 5.95 Å². The van der Waals surface area contributed by atoms with E-state index < -0.39 is 0 Å². The Balaban J connectivity index is 2.02. The van der Waals surface area contributed by atoms with Crippen molar-refractivity contribution in [2.45, 2.75) is 6.92 Å². The molecule has 0 fully saturated rings. The fraction of sp³-hybridized carbons (Fsp3) is 0.154. The van der Waals surface area contributed by atoms with E-state index in [1.165, 1.54) is 12.1 Å². The Morgan fingerprint density at radius 2 is 2.20 bits per heavy atom. The topological polar surface area (TPSA) is 78.5 Å². The number of anilines is 3. The van der Waals surface area contributed by atoms with Gasteiger partial charge in [0.25, 0.3) is 0 Å². The molecule has 102 valence electrons. The summed E-state index contributed by atoms with van der Waals surface area (Å²) in [6, 6.07) is 6.20. The largest absolute Gasteiger partial charge is 0.354 e. The number of hydrogen-bond acceptors (Lipinski definition) is 5. The minimum atomic E-state index is -0.306. The van der Waals surface area contributed by atoms with Crippen LogP contribution in [0, 0.1) is 5.82 Å². The van der Waals surface area contributed by atoms with E-state index in [1.54, 1.807) is 18.3 Å². The minimum Gasteiger partial charge on any atom is -0.354 e. The molecule has 0 unspecified atom stereocenters. The second-order valence-electron chi connectivity index (χ2n) is 4.19. The summed E-state index contributed by atoms with van der Waals surface area (Å²) in [5, 5.41) is 13.6. The Labute approximate surface area is 114 Å². The first-order valence-electron chi connectivity index (χ1n) is 6.24.